The minimum atomic E-state index is -0.496. The molecule has 3 rings (SSSR count). The Hall–Kier alpha value is -2.62. The molecule has 0 spiro atoms. The molecule has 0 atom stereocenters. The van der Waals surface area contributed by atoms with E-state index in [-0.39, 0.29) is 0 Å². The number of anilines is 2. The van der Waals surface area contributed by atoms with Crippen molar-refractivity contribution in [2.45, 2.75) is 6.54 Å². The lowest BCUT2D eigenvalue weighted by Gasteiger charge is -2.16. The molecule has 0 saturated heterocycles. The molecule has 0 fully saturated rings. The van der Waals surface area contributed by atoms with Crippen LogP contribution in [0.15, 0.2) is 48.5 Å². The number of amides is 1. The molecule has 2 aromatic carbocycles. The molecule has 0 bridgehead atoms. The van der Waals surface area contributed by atoms with Crippen molar-refractivity contribution in [2.75, 3.05) is 10.6 Å². The number of ketones is 1. The van der Waals surface area contributed by atoms with Gasteiger partial charge in [-0.1, -0.05) is 30.3 Å². The van der Waals surface area contributed by atoms with Crippen molar-refractivity contribution in [2.24, 2.45) is 0 Å². The monoisotopic (exact) mass is 252 g/mol. The van der Waals surface area contributed by atoms with Crippen LogP contribution in [-0.2, 0) is 11.3 Å². The number of carbonyl (C=O) groups excluding carboxylic acids is 2. The van der Waals surface area contributed by atoms with Crippen molar-refractivity contribution in [3.05, 3.63) is 59.7 Å². The molecule has 0 radical (unpaired) electrons. The van der Waals surface area contributed by atoms with E-state index in [0.717, 1.165) is 5.56 Å². The largest absolute Gasteiger partial charge is 0.399 e. The molecular formula is C15H12N2O2. The summed E-state index contributed by atoms with van der Waals surface area (Å²) in [7, 11) is 0. The highest BCUT2D eigenvalue weighted by atomic mass is 16.2. The van der Waals surface area contributed by atoms with Gasteiger partial charge in [0.1, 0.15) is 0 Å². The number of nitrogens with zero attached hydrogens (tertiary/aromatic N) is 1. The Bertz CT molecular complexity index is 665. The molecule has 1 aliphatic rings. The average Bonchev–Trinajstić information content (AvgIpc) is 2.65. The number of nitrogens with two attached hydrogens (primary N) is 1. The van der Waals surface area contributed by atoms with Crippen molar-refractivity contribution < 1.29 is 9.59 Å². The summed E-state index contributed by atoms with van der Waals surface area (Å²) in [5.74, 6) is -0.984. The second-order valence-corrected chi connectivity index (χ2v) is 4.48. The lowest BCUT2D eigenvalue weighted by Crippen LogP contribution is -2.29. The molecule has 1 heterocycles. The Kier molecular flexibility index (Phi) is 2.56. The first-order valence-corrected chi connectivity index (χ1v) is 5.96. The van der Waals surface area contributed by atoms with Crippen LogP contribution in [0.2, 0.25) is 0 Å². The molecule has 94 valence electrons. The van der Waals surface area contributed by atoms with Gasteiger partial charge in [-0.15, -0.1) is 0 Å². The summed E-state index contributed by atoms with van der Waals surface area (Å²) < 4.78 is 0. The standard InChI is InChI=1S/C15H12N2O2/c16-11-6-7-13-12(8-11)14(18)15(19)17(13)9-10-4-2-1-3-5-10/h1-8H,9,16H2. The zero-order valence-electron chi connectivity index (χ0n) is 10.2. The lowest BCUT2D eigenvalue weighted by molar-refractivity contribution is -0.114. The van der Waals surface area contributed by atoms with Crippen LogP contribution in [-0.4, -0.2) is 11.7 Å². The van der Waals surface area contributed by atoms with E-state index in [0.29, 0.717) is 23.5 Å². The Balaban J connectivity index is 2.00. The molecule has 0 aliphatic carbocycles. The summed E-state index contributed by atoms with van der Waals surface area (Å²) in [6.07, 6.45) is 0. The van der Waals surface area contributed by atoms with E-state index in [4.69, 9.17) is 5.73 Å². The summed E-state index contributed by atoms with van der Waals surface area (Å²) in [4.78, 5) is 25.4. The summed E-state index contributed by atoms with van der Waals surface area (Å²) in [5, 5.41) is 0. The first-order chi connectivity index (χ1) is 9.16. The summed E-state index contributed by atoms with van der Waals surface area (Å²) >= 11 is 0. The van der Waals surface area contributed by atoms with Crippen LogP contribution in [0.5, 0.6) is 0 Å². The summed E-state index contributed by atoms with van der Waals surface area (Å²) in [5.41, 5.74) is 8.14. The third-order valence-corrected chi connectivity index (χ3v) is 3.18. The number of Topliss-reactive ketones (excluding diaryl/α,β-unsaturated/α-hetero) is 1. The molecule has 0 aromatic heterocycles. The maximum absolute atomic E-state index is 12.0. The van der Waals surface area contributed by atoms with Crippen molar-refractivity contribution in [1.82, 2.24) is 0 Å². The second-order valence-electron chi connectivity index (χ2n) is 4.48. The predicted molar refractivity (Wildman–Crippen MR) is 72.8 cm³/mol. The maximum Gasteiger partial charge on any atom is 0.299 e. The fourth-order valence-corrected chi connectivity index (χ4v) is 2.24. The van der Waals surface area contributed by atoms with Gasteiger partial charge in [-0.2, -0.15) is 0 Å². The highest BCUT2D eigenvalue weighted by Crippen LogP contribution is 2.31. The van der Waals surface area contributed by atoms with Crippen LogP contribution in [0.4, 0.5) is 11.4 Å². The number of fused-ring (bicyclic) bond motifs is 1. The van der Waals surface area contributed by atoms with Gasteiger partial charge < -0.3 is 10.6 Å². The van der Waals surface area contributed by atoms with Gasteiger partial charge in [0.25, 0.3) is 11.7 Å². The quantitative estimate of drug-likeness (QED) is 0.656. The first-order valence-electron chi connectivity index (χ1n) is 5.96. The fourth-order valence-electron chi connectivity index (χ4n) is 2.24. The zero-order chi connectivity index (χ0) is 13.4. The molecule has 0 saturated carbocycles. The smallest absolute Gasteiger partial charge is 0.299 e. The van der Waals surface area contributed by atoms with Crippen LogP contribution < -0.4 is 10.6 Å². The zero-order valence-corrected chi connectivity index (χ0v) is 10.2. The van der Waals surface area contributed by atoms with Crippen molar-refractivity contribution >= 4 is 23.1 Å². The summed E-state index contributed by atoms with van der Waals surface area (Å²) in [6.45, 7) is 0.391. The number of hydrogen-bond acceptors (Lipinski definition) is 3. The molecular weight excluding hydrogens is 240 g/mol. The van der Waals surface area contributed by atoms with E-state index in [2.05, 4.69) is 0 Å². The molecule has 4 nitrogen and oxygen atoms in total. The molecule has 2 aromatic rings. The van der Waals surface area contributed by atoms with E-state index in [1.807, 2.05) is 30.3 Å². The third kappa shape index (κ3) is 1.87. The minimum Gasteiger partial charge on any atom is -0.399 e. The predicted octanol–water partition coefficient (Wildman–Crippen LogP) is 2.00. The van der Waals surface area contributed by atoms with E-state index in [9.17, 15) is 9.59 Å². The summed E-state index contributed by atoms with van der Waals surface area (Å²) in [6, 6.07) is 14.5. The SMILES string of the molecule is Nc1ccc2c(c1)C(=O)C(=O)N2Cc1ccccc1. The van der Waals surface area contributed by atoms with E-state index in [1.54, 1.807) is 18.2 Å². The van der Waals surface area contributed by atoms with Crippen LogP contribution >= 0.6 is 0 Å². The molecule has 0 unspecified atom stereocenters. The van der Waals surface area contributed by atoms with Gasteiger partial charge in [0.15, 0.2) is 0 Å². The van der Waals surface area contributed by atoms with Crippen LogP contribution in [0.1, 0.15) is 15.9 Å². The molecule has 19 heavy (non-hydrogen) atoms. The van der Waals surface area contributed by atoms with Crippen LogP contribution in [0.3, 0.4) is 0 Å². The van der Waals surface area contributed by atoms with Crippen molar-refractivity contribution in [3.63, 3.8) is 0 Å². The number of rotatable bonds is 2. The van der Waals surface area contributed by atoms with Gasteiger partial charge in [-0.05, 0) is 23.8 Å². The fraction of sp³-hybridized carbons (Fsp3) is 0.0667. The number of nitrogen functional groups attached to an aromatic ring is 1. The number of benzene rings is 2. The number of carbonyl (C=O) groups is 2. The normalized spacial score (nSPS) is 13.8. The molecule has 2 N–H and O–H groups in total. The van der Waals surface area contributed by atoms with Gasteiger partial charge in [-0.3, -0.25) is 9.59 Å². The van der Waals surface area contributed by atoms with Crippen LogP contribution in [0, 0.1) is 0 Å². The average molecular weight is 252 g/mol. The topological polar surface area (TPSA) is 63.4 Å². The van der Waals surface area contributed by atoms with Crippen molar-refractivity contribution in [1.29, 1.82) is 0 Å². The lowest BCUT2D eigenvalue weighted by atomic mass is 10.1. The van der Waals surface area contributed by atoms with Gasteiger partial charge in [0, 0.05) is 5.69 Å². The number of hydrogen-bond donors (Lipinski definition) is 1. The Morgan fingerprint density at radius 1 is 1.00 bits per heavy atom. The Morgan fingerprint density at radius 3 is 2.47 bits per heavy atom. The second kappa shape index (κ2) is 4.24. The van der Waals surface area contributed by atoms with Crippen molar-refractivity contribution in [3.8, 4) is 0 Å². The van der Waals surface area contributed by atoms with E-state index < -0.39 is 11.7 Å². The van der Waals surface area contributed by atoms with Gasteiger partial charge >= 0.3 is 0 Å². The molecule has 1 aliphatic heterocycles. The van der Waals surface area contributed by atoms with Gasteiger partial charge in [-0.25, -0.2) is 0 Å². The molecule has 1 amide bonds. The van der Waals surface area contributed by atoms with E-state index in [1.165, 1.54) is 4.90 Å². The van der Waals surface area contributed by atoms with Gasteiger partial charge in [0.2, 0.25) is 0 Å². The highest BCUT2D eigenvalue weighted by molar-refractivity contribution is 6.52. The third-order valence-electron chi connectivity index (χ3n) is 3.18. The first kappa shape index (κ1) is 11.5. The van der Waals surface area contributed by atoms with E-state index >= 15 is 0 Å². The Morgan fingerprint density at radius 2 is 1.74 bits per heavy atom. The highest BCUT2D eigenvalue weighted by Gasteiger charge is 2.35. The minimum absolute atomic E-state index is 0.390. The Labute approximate surface area is 110 Å². The maximum atomic E-state index is 12.0. The molecule has 4 heteroatoms. The van der Waals surface area contributed by atoms with Crippen LogP contribution in [0.25, 0.3) is 0 Å². The van der Waals surface area contributed by atoms with Gasteiger partial charge in [0.05, 0.1) is 17.8 Å².